The Morgan fingerprint density at radius 3 is 2.57 bits per heavy atom. The van der Waals surface area contributed by atoms with Crippen molar-refractivity contribution in [3.63, 3.8) is 0 Å². The number of nitrogens with one attached hydrogen (secondary N) is 2. The number of rotatable bonds is 6. The van der Waals surface area contributed by atoms with E-state index in [-0.39, 0.29) is 10.9 Å². The van der Waals surface area contributed by atoms with Crippen LogP contribution in [0, 0.1) is 13.8 Å². The van der Waals surface area contributed by atoms with Gasteiger partial charge in [-0.15, -0.1) is 0 Å². The lowest BCUT2D eigenvalue weighted by atomic mass is 10.2. The summed E-state index contributed by atoms with van der Waals surface area (Å²) in [6.45, 7) is 1.52. The smallest absolute Gasteiger partial charge is 0.387 e. The van der Waals surface area contributed by atoms with Crippen molar-refractivity contribution in [3.05, 3.63) is 71.4 Å². The Balaban J connectivity index is 1.69. The molecule has 2 N–H and O–H groups in total. The zero-order valence-electron chi connectivity index (χ0n) is 15.4. The Hall–Kier alpha value is -3.00. The van der Waals surface area contributed by atoms with Crippen molar-refractivity contribution in [3.8, 4) is 5.75 Å². The van der Waals surface area contributed by atoms with Crippen molar-refractivity contribution in [2.75, 3.05) is 10.6 Å². The van der Waals surface area contributed by atoms with Gasteiger partial charge < -0.3 is 15.4 Å². The largest absolute Gasteiger partial charge is 0.433 e. The minimum atomic E-state index is -2.92. The van der Waals surface area contributed by atoms with Gasteiger partial charge in [0.2, 0.25) is 0 Å². The average molecular weight is 402 g/mol. The van der Waals surface area contributed by atoms with Crippen molar-refractivity contribution >= 4 is 28.8 Å². The average Bonchev–Trinajstić information content (AvgIpc) is 2.96. The van der Waals surface area contributed by atoms with Crippen LogP contribution < -0.4 is 15.4 Å². The lowest BCUT2D eigenvalue weighted by molar-refractivity contribution is -0.0493. The summed E-state index contributed by atoms with van der Waals surface area (Å²) < 4.78 is 31.6. The number of ether oxygens (including phenoxy) is 1. The summed E-state index contributed by atoms with van der Waals surface area (Å²) in [6, 6.07) is 16.7. The first-order valence-corrected chi connectivity index (χ1v) is 9.03. The molecule has 5 nitrogen and oxygen atoms in total. The van der Waals surface area contributed by atoms with Gasteiger partial charge in [-0.25, -0.2) is 0 Å². The molecule has 28 heavy (non-hydrogen) atoms. The van der Waals surface area contributed by atoms with Gasteiger partial charge in [-0.3, -0.25) is 4.68 Å². The van der Waals surface area contributed by atoms with Crippen LogP contribution in [0.1, 0.15) is 16.8 Å². The van der Waals surface area contributed by atoms with E-state index in [0.717, 1.165) is 16.8 Å². The van der Waals surface area contributed by atoms with Crippen LogP contribution in [0.3, 0.4) is 0 Å². The molecular formula is C20H20F2N4OS. The molecule has 0 aliphatic carbocycles. The first-order valence-electron chi connectivity index (χ1n) is 8.62. The van der Waals surface area contributed by atoms with Crippen LogP contribution in [0.15, 0.2) is 54.6 Å². The number of anilines is 2. The molecule has 0 radical (unpaired) electrons. The van der Waals surface area contributed by atoms with Crippen LogP contribution in [0.4, 0.5) is 20.3 Å². The molecule has 2 aromatic carbocycles. The molecule has 8 heteroatoms. The monoisotopic (exact) mass is 402 g/mol. The van der Waals surface area contributed by atoms with Gasteiger partial charge in [0.25, 0.3) is 0 Å². The summed E-state index contributed by atoms with van der Waals surface area (Å²) in [5.74, 6) is 0.588. The maximum Gasteiger partial charge on any atom is 0.387 e. The number of benzene rings is 2. The number of halogens is 2. The van der Waals surface area contributed by atoms with Crippen LogP contribution in [0.25, 0.3) is 0 Å². The summed E-state index contributed by atoms with van der Waals surface area (Å²) in [5, 5.41) is 10.6. The first-order chi connectivity index (χ1) is 13.4. The molecule has 0 fully saturated rings. The normalized spacial score (nSPS) is 10.8. The van der Waals surface area contributed by atoms with Crippen LogP contribution in [-0.2, 0) is 6.54 Å². The summed E-state index contributed by atoms with van der Waals surface area (Å²) in [6.07, 6.45) is 0. The van der Waals surface area contributed by atoms with E-state index in [1.54, 1.807) is 12.1 Å². The molecule has 3 rings (SSSR count). The molecule has 0 atom stereocenters. The number of hydrogen-bond acceptors (Lipinski definition) is 3. The third-order valence-electron chi connectivity index (χ3n) is 4.00. The van der Waals surface area contributed by atoms with E-state index in [4.69, 9.17) is 12.2 Å². The third kappa shape index (κ3) is 5.26. The van der Waals surface area contributed by atoms with E-state index in [2.05, 4.69) is 20.5 Å². The molecule has 0 aliphatic heterocycles. The highest BCUT2D eigenvalue weighted by Gasteiger charge is 2.12. The van der Waals surface area contributed by atoms with Gasteiger partial charge in [0.05, 0.1) is 12.2 Å². The Labute approximate surface area is 167 Å². The second-order valence-electron chi connectivity index (χ2n) is 6.27. The molecule has 0 spiro atoms. The zero-order chi connectivity index (χ0) is 20.1. The molecule has 1 heterocycles. The molecule has 1 aromatic heterocycles. The maximum atomic E-state index is 12.6. The van der Waals surface area contributed by atoms with Gasteiger partial charge in [-0.1, -0.05) is 36.4 Å². The van der Waals surface area contributed by atoms with Crippen LogP contribution in [0.5, 0.6) is 5.75 Å². The standard InChI is InChI=1S/C20H20F2N4OS/c1-13-8-9-17(27-19(21)22)16(10-13)23-20(28)24-18-11-14(2)26(25-18)12-15-6-4-3-5-7-15/h3-11,19H,12H2,1-2H3,(H2,23,24,25,28). The highest BCUT2D eigenvalue weighted by atomic mass is 32.1. The number of aryl methyl sites for hydroxylation is 2. The molecule has 0 aliphatic rings. The first kappa shape index (κ1) is 19.8. The van der Waals surface area contributed by atoms with Gasteiger partial charge in [-0.05, 0) is 49.3 Å². The molecule has 0 saturated heterocycles. The lowest BCUT2D eigenvalue weighted by Gasteiger charge is -2.14. The molecule has 0 bridgehead atoms. The van der Waals surface area contributed by atoms with E-state index in [0.29, 0.717) is 18.1 Å². The Morgan fingerprint density at radius 1 is 1.11 bits per heavy atom. The van der Waals surface area contributed by atoms with E-state index in [1.165, 1.54) is 6.07 Å². The molecule has 0 unspecified atom stereocenters. The minimum absolute atomic E-state index is 0.0236. The van der Waals surface area contributed by atoms with Gasteiger partial charge in [0.15, 0.2) is 10.9 Å². The predicted molar refractivity (Wildman–Crippen MR) is 110 cm³/mol. The Bertz CT molecular complexity index is 960. The van der Waals surface area contributed by atoms with E-state index in [9.17, 15) is 8.78 Å². The van der Waals surface area contributed by atoms with E-state index < -0.39 is 6.61 Å². The maximum absolute atomic E-state index is 12.6. The van der Waals surface area contributed by atoms with Gasteiger partial charge >= 0.3 is 6.61 Å². The molecule has 0 saturated carbocycles. The molecular weight excluding hydrogens is 382 g/mol. The van der Waals surface area contributed by atoms with Crippen molar-refractivity contribution < 1.29 is 13.5 Å². The fourth-order valence-corrected chi connectivity index (χ4v) is 2.91. The topological polar surface area (TPSA) is 51.1 Å². The number of aromatic nitrogens is 2. The summed E-state index contributed by atoms with van der Waals surface area (Å²) in [5.41, 5.74) is 3.34. The van der Waals surface area contributed by atoms with Crippen molar-refractivity contribution in [2.24, 2.45) is 0 Å². The lowest BCUT2D eigenvalue weighted by Crippen LogP contribution is -2.20. The Kier molecular flexibility index (Phi) is 6.20. The van der Waals surface area contributed by atoms with E-state index >= 15 is 0 Å². The number of nitrogens with zero attached hydrogens (tertiary/aromatic N) is 2. The third-order valence-corrected chi connectivity index (χ3v) is 4.20. The van der Waals surface area contributed by atoms with Crippen LogP contribution in [0.2, 0.25) is 0 Å². The summed E-state index contributed by atoms with van der Waals surface area (Å²) in [7, 11) is 0. The fraction of sp³-hybridized carbons (Fsp3) is 0.200. The van der Waals surface area contributed by atoms with Crippen molar-refractivity contribution in [1.29, 1.82) is 0 Å². The minimum Gasteiger partial charge on any atom is -0.433 e. The SMILES string of the molecule is Cc1ccc(OC(F)F)c(NC(=S)Nc2cc(C)n(Cc3ccccc3)n2)c1. The highest BCUT2D eigenvalue weighted by Crippen LogP contribution is 2.27. The molecule has 3 aromatic rings. The van der Waals surface area contributed by atoms with Crippen LogP contribution >= 0.6 is 12.2 Å². The van der Waals surface area contributed by atoms with Gasteiger partial charge in [0.1, 0.15) is 5.75 Å². The quantitative estimate of drug-likeness (QED) is 0.571. The number of hydrogen-bond donors (Lipinski definition) is 2. The van der Waals surface area contributed by atoms with Gasteiger partial charge in [-0.2, -0.15) is 13.9 Å². The second-order valence-corrected chi connectivity index (χ2v) is 6.68. The molecule has 146 valence electrons. The predicted octanol–water partition coefficient (Wildman–Crippen LogP) is 4.96. The number of thiocarbonyl (C=S) groups is 1. The second kappa shape index (κ2) is 8.79. The number of alkyl halides is 2. The Morgan fingerprint density at radius 2 is 1.86 bits per heavy atom. The zero-order valence-corrected chi connectivity index (χ0v) is 16.3. The fourth-order valence-electron chi connectivity index (χ4n) is 2.70. The van der Waals surface area contributed by atoms with Crippen LogP contribution in [-0.4, -0.2) is 21.5 Å². The highest BCUT2D eigenvalue weighted by molar-refractivity contribution is 7.80. The van der Waals surface area contributed by atoms with Gasteiger partial charge in [0, 0.05) is 11.8 Å². The summed E-state index contributed by atoms with van der Waals surface area (Å²) in [4.78, 5) is 0. The molecule has 0 amide bonds. The van der Waals surface area contributed by atoms with Crippen molar-refractivity contribution in [2.45, 2.75) is 27.0 Å². The van der Waals surface area contributed by atoms with Crippen molar-refractivity contribution in [1.82, 2.24) is 9.78 Å². The summed E-state index contributed by atoms with van der Waals surface area (Å²) >= 11 is 5.30. The van der Waals surface area contributed by atoms with E-state index in [1.807, 2.05) is 54.9 Å².